The fourth-order valence-electron chi connectivity index (χ4n) is 1.77. The molecule has 0 aliphatic carbocycles. The van der Waals surface area contributed by atoms with Crippen molar-refractivity contribution in [1.29, 1.82) is 5.26 Å². The average molecular weight is 291 g/mol. The molecule has 0 aliphatic heterocycles. The van der Waals surface area contributed by atoms with Crippen molar-refractivity contribution in [3.63, 3.8) is 0 Å². The van der Waals surface area contributed by atoms with Crippen molar-refractivity contribution in [1.82, 2.24) is 4.90 Å². The molecule has 0 aliphatic rings. The van der Waals surface area contributed by atoms with Crippen LogP contribution in [-0.4, -0.2) is 43.0 Å². The van der Waals surface area contributed by atoms with E-state index in [0.29, 0.717) is 17.7 Å². The number of nitrogens with zero attached hydrogens (tertiary/aromatic N) is 2. The van der Waals surface area contributed by atoms with E-state index >= 15 is 0 Å². The third-order valence-corrected chi connectivity index (χ3v) is 3.53. The van der Waals surface area contributed by atoms with Crippen molar-refractivity contribution in [2.24, 2.45) is 0 Å². The Morgan fingerprint density at radius 3 is 2.85 bits per heavy atom. The summed E-state index contributed by atoms with van der Waals surface area (Å²) >= 11 is 1.82. The molecule has 0 aromatic heterocycles. The van der Waals surface area contributed by atoms with E-state index in [2.05, 4.69) is 29.6 Å². The van der Waals surface area contributed by atoms with E-state index in [1.54, 1.807) is 18.2 Å². The van der Waals surface area contributed by atoms with E-state index in [1.807, 2.05) is 17.8 Å². The molecular weight excluding hydrogens is 270 g/mol. The number of benzene rings is 1. The van der Waals surface area contributed by atoms with Gasteiger partial charge in [0.05, 0.1) is 11.3 Å². The summed E-state index contributed by atoms with van der Waals surface area (Å²) in [7, 11) is 2.07. The summed E-state index contributed by atoms with van der Waals surface area (Å²) in [6.07, 6.45) is 3.39. The van der Waals surface area contributed by atoms with Gasteiger partial charge in [-0.05, 0) is 38.4 Å². The number of thioether (sulfide) groups is 1. The number of para-hydroxylation sites is 1. The number of rotatable bonds is 8. The van der Waals surface area contributed by atoms with Crippen LogP contribution in [0.25, 0.3) is 0 Å². The van der Waals surface area contributed by atoms with Crippen LogP contribution in [0.4, 0.5) is 5.69 Å². The molecule has 1 amide bonds. The molecule has 20 heavy (non-hydrogen) atoms. The molecule has 0 bridgehead atoms. The summed E-state index contributed by atoms with van der Waals surface area (Å²) in [6.45, 7) is 1.95. The van der Waals surface area contributed by atoms with Gasteiger partial charge in [0, 0.05) is 18.7 Å². The van der Waals surface area contributed by atoms with Gasteiger partial charge in [-0.15, -0.1) is 0 Å². The van der Waals surface area contributed by atoms with Gasteiger partial charge >= 0.3 is 0 Å². The Morgan fingerprint density at radius 2 is 2.15 bits per heavy atom. The van der Waals surface area contributed by atoms with Gasteiger partial charge in [0.15, 0.2) is 0 Å². The second-order valence-electron chi connectivity index (χ2n) is 4.61. The lowest BCUT2D eigenvalue weighted by atomic mass is 10.2. The molecule has 1 aromatic carbocycles. The zero-order valence-electron chi connectivity index (χ0n) is 12.1. The lowest BCUT2D eigenvalue weighted by Crippen LogP contribution is -2.23. The monoisotopic (exact) mass is 291 g/mol. The first-order chi connectivity index (χ1) is 9.67. The maximum atomic E-state index is 11.8. The third kappa shape index (κ3) is 6.09. The van der Waals surface area contributed by atoms with Crippen LogP contribution in [0.1, 0.15) is 18.4 Å². The standard InChI is InChI=1S/C15H21N3OS/c1-18(10-11-20-2)9-5-8-15(19)17-14-7-4-3-6-13(14)12-16/h3-4,6-7H,5,8-11H2,1-2H3,(H,17,19). The van der Waals surface area contributed by atoms with E-state index in [0.717, 1.165) is 25.3 Å². The number of carbonyl (C=O) groups is 1. The summed E-state index contributed by atoms with van der Waals surface area (Å²) in [5, 5.41) is 11.7. The molecule has 1 aromatic rings. The highest BCUT2D eigenvalue weighted by atomic mass is 32.2. The molecule has 0 unspecified atom stereocenters. The second kappa shape index (κ2) is 9.40. The van der Waals surface area contributed by atoms with Crippen LogP contribution in [0.15, 0.2) is 24.3 Å². The molecule has 0 radical (unpaired) electrons. The van der Waals surface area contributed by atoms with Gasteiger partial charge in [-0.25, -0.2) is 0 Å². The Labute approximate surface area is 125 Å². The highest BCUT2D eigenvalue weighted by Gasteiger charge is 2.06. The maximum Gasteiger partial charge on any atom is 0.224 e. The van der Waals surface area contributed by atoms with Crippen LogP contribution in [0.3, 0.4) is 0 Å². The largest absolute Gasteiger partial charge is 0.325 e. The molecule has 0 saturated carbocycles. The lowest BCUT2D eigenvalue weighted by Gasteiger charge is -2.15. The molecule has 0 saturated heterocycles. The molecule has 0 spiro atoms. The van der Waals surface area contributed by atoms with Crippen LogP contribution < -0.4 is 5.32 Å². The van der Waals surface area contributed by atoms with Crippen LogP contribution in [0.2, 0.25) is 0 Å². The number of nitrogens with one attached hydrogen (secondary N) is 1. The maximum absolute atomic E-state index is 11.8. The molecular formula is C15H21N3OS. The van der Waals surface area contributed by atoms with E-state index in [1.165, 1.54) is 0 Å². The highest BCUT2D eigenvalue weighted by Crippen LogP contribution is 2.13. The van der Waals surface area contributed by atoms with Crippen molar-refractivity contribution in [3.8, 4) is 6.07 Å². The first-order valence-corrected chi connectivity index (χ1v) is 8.03. The van der Waals surface area contributed by atoms with Crippen LogP contribution in [0, 0.1) is 11.3 Å². The van der Waals surface area contributed by atoms with Crippen molar-refractivity contribution >= 4 is 23.4 Å². The Hall–Kier alpha value is -1.51. The smallest absolute Gasteiger partial charge is 0.224 e. The van der Waals surface area contributed by atoms with Gasteiger partial charge in [-0.2, -0.15) is 17.0 Å². The highest BCUT2D eigenvalue weighted by molar-refractivity contribution is 7.98. The van der Waals surface area contributed by atoms with Crippen molar-refractivity contribution in [3.05, 3.63) is 29.8 Å². The lowest BCUT2D eigenvalue weighted by molar-refractivity contribution is -0.116. The first kappa shape index (κ1) is 16.5. The fraction of sp³-hybridized carbons (Fsp3) is 0.467. The van der Waals surface area contributed by atoms with Gasteiger partial charge in [-0.3, -0.25) is 4.79 Å². The molecule has 0 atom stereocenters. The summed E-state index contributed by atoms with van der Waals surface area (Å²) in [4.78, 5) is 14.1. The predicted octanol–water partition coefficient (Wildman–Crippen LogP) is 2.57. The number of carbonyl (C=O) groups excluding carboxylic acids is 1. The quantitative estimate of drug-likeness (QED) is 0.800. The van der Waals surface area contributed by atoms with E-state index in [4.69, 9.17) is 5.26 Å². The van der Waals surface area contributed by atoms with Gasteiger partial charge in [-0.1, -0.05) is 12.1 Å². The Kier molecular flexibility index (Phi) is 7.78. The minimum absolute atomic E-state index is 0.0361. The molecule has 4 nitrogen and oxygen atoms in total. The Bertz CT molecular complexity index is 470. The third-order valence-electron chi connectivity index (χ3n) is 2.94. The summed E-state index contributed by atoms with van der Waals surface area (Å²) < 4.78 is 0. The van der Waals surface area contributed by atoms with Crippen LogP contribution in [0.5, 0.6) is 0 Å². The van der Waals surface area contributed by atoms with E-state index in [9.17, 15) is 4.79 Å². The number of anilines is 1. The minimum atomic E-state index is -0.0361. The normalized spacial score (nSPS) is 10.3. The molecule has 1 rings (SSSR count). The van der Waals surface area contributed by atoms with Crippen molar-refractivity contribution < 1.29 is 4.79 Å². The van der Waals surface area contributed by atoms with Gasteiger partial charge in [0.25, 0.3) is 0 Å². The van der Waals surface area contributed by atoms with Gasteiger partial charge in [0.2, 0.25) is 5.91 Å². The summed E-state index contributed by atoms with van der Waals surface area (Å²) in [5.41, 5.74) is 1.09. The molecule has 5 heteroatoms. The number of nitriles is 1. The Balaban J connectivity index is 2.32. The molecule has 1 N–H and O–H groups in total. The minimum Gasteiger partial charge on any atom is -0.325 e. The van der Waals surface area contributed by atoms with Crippen molar-refractivity contribution in [2.45, 2.75) is 12.8 Å². The zero-order chi connectivity index (χ0) is 14.8. The zero-order valence-corrected chi connectivity index (χ0v) is 12.9. The Morgan fingerprint density at radius 1 is 1.40 bits per heavy atom. The number of hydrogen-bond acceptors (Lipinski definition) is 4. The van der Waals surface area contributed by atoms with E-state index in [-0.39, 0.29) is 5.91 Å². The second-order valence-corrected chi connectivity index (χ2v) is 5.59. The van der Waals surface area contributed by atoms with Gasteiger partial charge in [0.1, 0.15) is 6.07 Å². The van der Waals surface area contributed by atoms with Crippen molar-refractivity contribution in [2.75, 3.05) is 37.5 Å². The number of amides is 1. The molecule has 0 fully saturated rings. The van der Waals surface area contributed by atoms with E-state index < -0.39 is 0 Å². The molecule has 0 heterocycles. The predicted molar refractivity (Wildman–Crippen MR) is 84.9 cm³/mol. The topological polar surface area (TPSA) is 56.1 Å². The number of hydrogen-bond donors (Lipinski definition) is 1. The van der Waals surface area contributed by atoms with Crippen LogP contribution in [-0.2, 0) is 4.79 Å². The fourth-order valence-corrected chi connectivity index (χ4v) is 2.27. The first-order valence-electron chi connectivity index (χ1n) is 6.64. The average Bonchev–Trinajstić information content (AvgIpc) is 2.45. The summed E-state index contributed by atoms with van der Waals surface area (Å²) in [6, 6.07) is 9.12. The van der Waals surface area contributed by atoms with Gasteiger partial charge < -0.3 is 10.2 Å². The molecule has 108 valence electrons. The SMILES string of the molecule is CSCCN(C)CCCC(=O)Nc1ccccc1C#N. The van der Waals surface area contributed by atoms with Crippen LogP contribution >= 0.6 is 11.8 Å². The summed E-state index contributed by atoms with van der Waals surface area (Å²) in [5.74, 6) is 1.07.